The van der Waals surface area contributed by atoms with E-state index in [0.717, 1.165) is 5.75 Å². The lowest BCUT2D eigenvalue weighted by Gasteiger charge is -2.21. The minimum Gasteiger partial charge on any atom is -0.340 e. The van der Waals surface area contributed by atoms with E-state index in [1.165, 1.54) is 23.1 Å². The van der Waals surface area contributed by atoms with Crippen molar-refractivity contribution >= 4 is 17.7 Å². The first-order chi connectivity index (χ1) is 13.3. The summed E-state index contributed by atoms with van der Waals surface area (Å²) in [7, 11) is 3.37. The number of hydrogen-bond acceptors (Lipinski definition) is 7. The minimum absolute atomic E-state index is 0.0878. The Morgan fingerprint density at radius 2 is 2.14 bits per heavy atom. The van der Waals surface area contributed by atoms with E-state index >= 15 is 0 Å². The van der Waals surface area contributed by atoms with Gasteiger partial charge in [-0.05, 0) is 37.9 Å². The number of carbonyl (C=O) groups excluding carboxylic acids is 1. The Hall–Kier alpha value is -2.44. The van der Waals surface area contributed by atoms with Gasteiger partial charge in [0.1, 0.15) is 5.82 Å². The van der Waals surface area contributed by atoms with Crippen molar-refractivity contribution in [2.24, 2.45) is 0 Å². The molecule has 0 N–H and O–H groups in total. The molecule has 1 amide bonds. The van der Waals surface area contributed by atoms with Gasteiger partial charge in [0.05, 0.1) is 30.0 Å². The number of nitrogens with zero attached hydrogens (tertiary/aromatic N) is 5. The van der Waals surface area contributed by atoms with Gasteiger partial charge in [0.15, 0.2) is 5.82 Å². The second kappa shape index (κ2) is 10.2. The topological polar surface area (TPSA) is 86.3 Å². The third-order valence-corrected chi connectivity index (χ3v) is 5.13. The van der Waals surface area contributed by atoms with Gasteiger partial charge in [-0.3, -0.25) is 9.69 Å². The largest absolute Gasteiger partial charge is 0.340 e. The molecule has 28 heavy (non-hydrogen) atoms. The van der Waals surface area contributed by atoms with Gasteiger partial charge in [0.2, 0.25) is 11.8 Å². The molecule has 0 spiro atoms. The standard InChI is InChI=1S/C19H24FN5O2S/c1-5-28-13(2)19-22-17(27-23-19)11-24(3)12-18(26)25(4)10-15-8-14(9-21)6-7-16(15)20/h6-8,13H,5,10-12H2,1-4H3/t13-/m0/s1. The van der Waals surface area contributed by atoms with Crippen molar-refractivity contribution in [3.8, 4) is 6.07 Å². The average Bonchev–Trinajstić information content (AvgIpc) is 3.12. The lowest BCUT2D eigenvalue weighted by atomic mass is 10.1. The van der Waals surface area contributed by atoms with E-state index < -0.39 is 5.82 Å². The number of likely N-dealkylation sites (N-methyl/N-ethyl adjacent to an activating group) is 2. The molecule has 1 atom stereocenters. The molecule has 0 radical (unpaired) electrons. The molecule has 9 heteroatoms. The molecule has 0 saturated heterocycles. The monoisotopic (exact) mass is 405 g/mol. The van der Waals surface area contributed by atoms with Gasteiger partial charge in [-0.25, -0.2) is 4.39 Å². The Balaban J connectivity index is 1.90. The number of amides is 1. The number of hydrogen-bond donors (Lipinski definition) is 0. The predicted molar refractivity (Wildman–Crippen MR) is 105 cm³/mol. The first-order valence-electron chi connectivity index (χ1n) is 8.89. The fraction of sp³-hybridized carbons (Fsp3) is 0.474. The molecule has 0 aliphatic heterocycles. The second-order valence-corrected chi connectivity index (χ2v) is 8.10. The molecule has 1 heterocycles. The van der Waals surface area contributed by atoms with E-state index in [2.05, 4.69) is 17.1 Å². The van der Waals surface area contributed by atoms with E-state index in [1.54, 1.807) is 30.8 Å². The Morgan fingerprint density at radius 3 is 2.82 bits per heavy atom. The summed E-state index contributed by atoms with van der Waals surface area (Å²) in [5, 5.41) is 13.1. The SMILES string of the molecule is CCS[C@@H](C)c1noc(CN(C)CC(=O)N(C)Cc2cc(C#N)ccc2F)n1. The van der Waals surface area contributed by atoms with Crippen LogP contribution in [0.5, 0.6) is 0 Å². The molecule has 0 aliphatic carbocycles. The highest BCUT2D eigenvalue weighted by molar-refractivity contribution is 7.99. The van der Waals surface area contributed by atoms with Crippen molar-refractivity contribution in [3.63, 3.8) is 0 Å². The Labute approximate surface area is 168 Å². The van der Waals surface area contributed by atoms with Crippen LogP contribution < -0.4 is 0 Å². The van der Waals surface area contributed by atoms with Crippen LogP contribution in [-0.4, -0.2) is 52.2 Å². The number of nitriles is 1. The molecule has 0 bridgehead atoms. The van der Waals surface area contributed by atoms with E-state index in [4.69, 9.17) is 9.78 Å². The zero-order valence-electron chi connectivity index (χ0n) is 16.5. The molecule has 1 aromatic heterocycles. The maximum Gasteiger partial charge on any atom is 0.240 e. The normalized spacial score (nSPS) is 12.0. The number of rotatable bonds is 9. The third kappa shape index (κ3) is 6.04. The first-order valence-corrected chi connectivity index (χ1v) is 9.94. The van der Waals surface area contributed by atoms with E-state index in [-0.39, 0.29) is 24.2 Å². The fourth-order valence-electron chi connectivity index (χ4n) is 2.57. The van der Waals surface area contributed by atoms with Crippen LogP contribution >= 0.6 is 11.8 Å². The smallest absolute Gasteiger partial charge is 0.240 e. The number of aromatic nitrogens is 2. The van der Waals surface area contributed by atoms with Crippen molar-refractivity contribution < 1.29 is 13.7 Å². The highest BCUT2D eigenvalue weighted by Gasteiger charge is 2.18. The van der Waals surface area contributed by atoms with Gasteiger partial charge in [0.25, 0.3) is 0 Å². The van der Waals surface area contributed by atoms with Crippen molar-refractivity contribution in [1.82, 2.24) is 19.9 Å². The Morgan fingerprint density at radius 1 is 1.39 bits per heavy atom. The number of thioether (sulfide) groups is 1. The lowest BCUT2D eigenvalue weighted by Crippen LogP contribution is -2.36. The van der Waals surface area contributed by atoms with Gasteiger partial charge in [-0.2, -0.15) is 22.0 Å². The van der Waals surface area contributed by atoms with E-state index in [1.807, 2.05) is 13.0 Å². The van der Waals surface area contributed by atoms with Crippen LogP contribution in [0.15, 0.2) is 22.7 Å². The number of benzene rings is 1. The summed E-state index contributed by atoms with van der Waals surface area (Å²) in [5.41, 5.74) is 0.665. The van der Waals surface area contributed by atoms with Crippen LogP contribution in [-0.2, 0) is 17.9 Å². The van der Waals surface area contributed by atoms with Crippen LogP contribution in [0.1, 0.15) is 41.9 Å². The van der Waals surface area contributed by atoms with Crippen molar-refractivity contribution in [3.05, 3.63) is 46.9 Å². The molecule has 0 saturated carbocycles. The van der Waals surface area contributed by atoms with Gasteiger partial charge in [0, 0.05) is 19.2 Å². The summed E-state index contributed by atoms with van der Waals surface area (Å²) in [6.07, 6.45) is 0. The van der Waals surface area contributed by atoms with E-state index in [0.29, 0.717) is 29.4 Å². The summed E-state index contributed by atoms with van der Waals surface area (Å²) in [6, 6.07) is 6.08. The van der Waals surface area contributed by atoms with E-state index in [9.17, 15) is 9.18 Å². The maximum atomic E-state index is 13.9. The Kier molecular flexibility index (Phi) is 7.96. The molecule has 0 fully saturated rings. The molecule has 0 aliphatic rings. The molecule has 1 aromatic carbocycles. The fourth-order valence-corrected chi connectivity index (χ4v) is 3.31. The molecule has 7 nitrogen and oxygen atoms in total. The molecule has 2 rings (SSSR count). The van der Waals surface area contributed by atoms with Crippen LogP contribution in [0.4, 0.5) is 4.39 Å². The summed E-state index contributed by atoms with van der Waals surface area (Å²) >= 11 is 1.73. The molecular weight excluding hydrogens is 381 g/mol. The Bertz CT molecular complexity index is 851. The van der Waals surface area contributed by atoms with Crippen LogP contribution in [0.25, 0.3) is 0 Å². The molecule has 150 valence electrons. The summed E-state index contributed by atoms with van der Waals surface area (Å²) < 4.78 is 19.2. The average molecular weight is 405 g/mol. The first kappa shape index (κ1) is 21.9. The van der Waals surface area contributed by atoms with Crippen LogP contribution in [0, 0.1) is 17.1 Å². The van der Waals surface area contributed by atoms with Crippen LogP contribution in [0.2, 0.25) is 0 Å². The highest BCUT2D eigenvalue weighted by Crippen LogP contribution is 2.25. The van der Waals surface area contributed by atoms with Gasteiger partial charge >= 0.3 is 0 Å². The van der Waals surface area contributed by atoms with Crippen molar-refractivity contribution in [1.29, 1.82) is 5.26 Å². The summed E-state index contributed by atoms with van der Waals surface area (Å²) in [5.74, 6) is 1.43. The molecular formula is C19H24FN5O2S. The van der Waals surface area contributed by atoms with Crippen molar-refractivity contribution in [2.75, 3.05) is 26.4 Å². The van der Waals surface area contributed by atoms with Crippen LogP contribution in [0.3, 0.4) is 0 Å². The second-order valence-electron chi connectivity index (χ2n) is 6.48. The summed E-state index contributed by atoms with van der Waals surface area (Å²) in [6.45, 7) is 4.64. The highest BCUT2D eigenvalue weighted by atomic mass is 32.2. The minimum atomic E-state index is -0.440. The molecule has 2 aromatic rings. The van der Waals surface area contributed by atoms with Gasteiger partial charge in [-0.15, -0.1) is 0 Å². The quantitative estimate of drug-likeness (QED) is 0.634. The van der Waals surface area contributed by atoms with Gasteiger partial charge in [-0.1, -0.05) is 12.1 Å². The predicted octanol–water partition coefficient (Wildman–Crippen LogP) is 2.98. The van der Waals surface area contributed by atoms with Crippen molar-refractivity contribution in [2.45, 2.75) is 32.2 Å². The lowest BCUT2D eigenvalue weighted by molar-refractivity contribution is -0.131. The zero-order valence-corrected chi connectivity index (χ0v) is 17.3. The third-order valence-electron chi connectivity index (χ3n) is 4.08. The molecule has 0 unspecified atom stereocenters. The number of carbonyl (C=O) groups is 1. The zero-order chi connectivity index (χ0) is 20.7. The maximum absolute atomic E-state index is 13.9. The number of halogens is 1. The summed E-state index contributed by atoms with van der Waals surface area (Å²) in [4.78, 5) is 20.0. The van der Waals surface area contributed by atoms with Gasteiger partial charge < -0.3 is 9.42 Å².